The standard InChI is InChI=1S/C14H20N4O3/c1-21-13(20)6-5-12(19)17-11-4-2-9-18(10-11)14-15-7-3-8-16-14/h3,7-8,11H,2,4-6,9-10H2,1H3,(H,17,19). The summed E-state index contributed by atoms with van der Waals surface area (Å²) in [5, 5.41) is 2.95. The van der Waals surface area contributed by atoms with Gasteiger partial charge in [0, 0.05) is 37.9 Å². The highest BCUT2D eigenvalue weighted by molar-refractivity contribution is 5.81. The van der Waals surface area contributed by atoms with Crippen molar-refractivity contribution in [1.82, 2.24) is 15.3 Å². The quantitative estimate of drug-likeness (QED) is 0.796. The SMILES string of the molecule is COC(=O)CCC(=O)NC1CCCN(c2ncccn2)C1. The number of hydrogen-bond donors (Lipinski definition) is 1. The van der Waals surface area contributed by atoms with Crippen LogP contribution in [0.2, 0.25) is 0 Å². The van der Waals surface area contributed by atoms with Gasteiger partial charge in [0.15, 0.2) is 0 Å². The highest BCUT2D eigenvalue weighted by atomic mass is 16.5. The van der Waals surface area contributed by atoms with Crippen LogP contribution < -0.4 is 10.2 Å². The Bertz CT molecular complexity index is 480. The van der Waals surface area contributed by atoms with Crippen molar-refractivity contribution in [2.75, 3.05) is 25.1 Å². The lowest BCUT2D eigenvalue weighted by molar-refractivity contribution is -0.142. The number of anilines is 1. The van der Waals surface area contributed by atoms with Gasteiger partial charge in [-0.05, 0) is 18.9 Å². The summed E-state index contributed by atoms with van der Waals surface area (Å²) in [5.74, 6) is 0.195. The van der Waals surface area contributed by atoms with E-state index in [1.807, 2.05) is 0 Å². The fraction of sp³-hybridized carbons (Fsp3) is 0.571. The summed E-state index contributed by atoms with van der Waals surface area (Å²) in [5.41, 5.74) is 0. The summed E-state index contributed by atoms with van der Waals surface area (Å²) in [6.45, 7) is 1.58. The molecule has 1 aromatic heterocycles. The minimum absolute atomic E-state index is 0.0627. The van der Waals surface area contributed by atoms with E-state index in [9.17, 15) is 9.59 Å². The molecular weight excluding hydrogens is 272 g/mol. The number of methoxy groups -OCH3 is 1. The summed E-state index contributed by atoms with van der Waals surface area (Å²) in [7, 11) is 1.32. The van der Waals surface area contributed by atoms with Crippen molar-refractivity contribution in [3.8, 4) is 0 Å². The van der Waals surface area contributed by atoms with E-state index in [2.05, 4.69) is 24.9 Å². The molecular formula is C14H20N4O3. The van der Waals surface area contributed by atoms with Gasteiger partial charge in [-0.1, -0.05) is 0 Å². The first-order chi connectivity index (χ1) is 10.2. The molecule has 21 heavy (non-hydrogen) atoms. The number of nitrogens with one attached hydrogen (secondary N) is 1. The maximum Gasteiger partial charge on any atom is 0.306 e. The summed E-state index contributed by atoms with van der Waals surface area (Å²) in [6, 6.07) is 1.84. The van der Waals surface area contributed by atoms with Crippen LogP contribution >= 0.6 is 0 Å². The lowest BCUT2D eigenvalue weighted by atomic mass is 10.1. The summed E-state index contributed by atoms with van der Waals surface area (Å²) in [6.07, 6.45) is 5.58. The van der Waals surface area contributed by atoms with E-state index in [1.54, 1.807) is 18.5 Å². The Labute approximate surface area is 123 Å². The number of carbonyl (C=O) groups excluding carboxylic acids is 2. The van der Waals surface area contributed by atoms with Crippen molar-refractivity contribution in [2.24, 2.45) is 0 Å². The van der Waals surface area contributed by atoms with Gasteiger partial charge < -0.3 is 15.0 Å². The Balaban J connectivity index is 1.81. The number of nitrogens with zero attached hydrogens (tertiary/aromatic N) is 3. The van der Waals surface area contributed by atoms with Crippen molar-refractivity contribution in [1.29, 1.82) is 0 Å². The molecule has 1 fully saturated rings. The molecule has 0 aromatic carbocycles. The van der Waals surface area contributed by atoms with E-state index < -0.39 is 0 Å². The van der Waals surface area contributed by atoms with Crippen LogP contribution in [-0.2, 0) is 14.3 Å². The summed E-state index contributed by atoms with van der Waals surface area (Å²) in [4.78, 5) is 33.3. The van der Waals surface area contributed by atoms with Crippen molar-refractivity contribution in [3.63, 3.8) is 0 Å². The molecule has 2 rings (SSSR count). The van der Waals surface area contributed by atoms with Gasteiger partial charge in [-0.2, -0.15) is 0 Å². The normalized spacial score (nSPS) is 18.1. The fourth-order valence-electron chi connectivity index (χ4n) is 2.35. The molecule has 1 aliphatic rings. The Morgan fingerprint density at radius 2 is 2.14 bits per heavy atom. The Morgan fingerprint density at radius 1 is 1.38 bits per heavy atom. The molecule has 1 aliphatic heterocycles. The third kappa shape index (κ3) is 4.70. The van der Waals surface area contributed by atoms with E-state index in [1.165, 1.54) is 7.11 Å². The van der Waals surface area contributed by atoms with Crippen LogP contribution in [-0.4, -0.2) is 48.1 Å². The molecule has 1 unspecified atom stereocenters. The molecule has 2 heterocycles. The first-order valence-electron chi connectivity index (χ1n) is 7.07. The van der Waals surface area contributed by atoms with Crippen LogP contribution in [0.3, 0.4) is 0 Å². The second-order valence-corrected chi connectivity index (χ2v) is 4.98. The molecule has 0 aliphatic carbocycles. The molecule has 7 nitrogen and oxygen atoms in total. The lowest BCUT2D eigenvalue weighted by Gasteiger charge is -2.33. The van der Waals surface area contributed by atoms with E-state index >= 15 is 0 Å². The van der Waals surface area contributed by atoms with Gasteiger partial charge in [0.1, 0.15) is 0 Å². The minimum atomic E-state index is -0.367. The van der Waals surface area contributed by atoms with Crippen molar-refractivity contribution >= 4 is 17.8 Å². The van der Waals surface area contributed by atoms with Crippen LogP contribution in [0.25, 0.3) is 0 Å². The predicted molar refractivity (Wildman–Crippen MR) is 76.7 cm³/mol. The van der Waals surface area contributed by atoms with Gasteiger partial charge in [0.25, 0.3) is 0 Å². The maximum absolute atomic E-state index is 11.8. The smallest absolute Gasteiger partial charge is 0.306 e. The zero-order chi connectivity index (χ0) is 15.1. The summed E-state index contributed by atoms with van der Waals surface area (Å²) < 4.78 is 4.52. The van der Waals surface area contributed by atoms with Crippen LogP contribution in [0.15, 0.2) is 18.5 Å². The largest absolute Gasteiger partial charge is 0.469 e. The molecule has 1 saturated heterocycles. The van der Waals surface area contributed by atoms with Crippen molar-refractivity contribution in [2.45, 2.75) is 31.7 Å². The zero-order valence-corrected chi connectivity index (χ0v) is 12.1. The first-order valence-corrected chi connectivity index (χ1v) is 7.07. The van der Waals surface area contributed by atoms with Crippen molar-refractivity contribution < 1.29 is 14.3 Å². The molecule has 0 spiro atoms. The number of ether oxygens (including phenoxy) is 1. The molecule has 0 bridgehead atoms. The monoisotopic (exact) mass is 292 g/mol. The van der Waals surface area contributed by atoms with Crippen LogP contribution in [0, 0.1) is 0 Å². The molecule has 114 valence electrons. The van der Waals surface area contributed by atoms with Gasteiger partial charge in [0.2, 0.25) is 11.9 Å². The Hall–Kier alpha value is -2.18. The number of carbonyl (C=O) groups is 2. The second kappa shape index (κ2) is 7.56. The fourth-order valence-corrected chi connectivity index (χ4v) is 2.35. The molecule has 1 amide bonds. The molecule has 1 N–H and O–H groups in total. The number of esters is 1. The van der Waals surface area contributed by atoms with Crippen LogP contribution in [0.4, 0.5) is 5.95 Å². The minimum Gasteiger partial charge on any atom is -0.469 e. The van der Waals surface area contributed by atoms with Gasteiger partial charge in [0.05, 0.1) is 13.5 Å². The number of hydrogen-bond acceptors (Lipinski definition) is 6. The lowest BCUT2D eigenvalue weighted by Crippen LogP contribution is -2.48. The average molecular weight is 292 g/mol. The predicted octanol–water partition coefficient (Wildman–Crippen LogP) is 0.515. The van der Waals surface area contributed by atoms with Gasteiger partial charge in [-0.3, -0.25) is 9.59 Å². The van der Waals surface area contributed by atoms with Gasteiger partial charge in [-0.15, -0.1) is 0 Å². The van der Waals surface area contributed by atoms with E-state index in [4.69, 9.17) is 0 Å². The van der Waals surface area contributed by atoms with Gasteiger partial charge >= 0.3 is 5.97 Å². The number of piperidine rings is 1. The first kappa shape index (κ1) is 15.2. The topological polar surface area (TPSA) is 84.4 Å². The highest BCUT2D eigenvalue weighted by Gasteiger charge is 2.23. The Kier molecular flexibility index (Phi) is 5.48. The van der Waals surface area contributed by atoms with E-state index in [-0.39, 0.29) is 30.8 Å². The maximum atomic E-state index is 11.8. The Morgan fingerprint density at radius 3 is 2.86 bits per heavy atom. The van der Waals surface area contributed by atoms with Gasteiger partial charge in [-0.25, -0.2) is 9.97 Å². The summed E-state index contributed by atoms with van der Waals surface area (Å²) >= 11 is 0. The highest BCUT2D eigenvalue weighted by Crippen LogP contribution is 2.15. The van der Waals surface area contributed by atoms with Crippen LogP contribution in [0.5, 0.6) is 0 Å². The zero-order valence-electron chi connectivity index (χ0n) is 12.1. The number of aromatic nitrogens is 2. The number of rotatable bonds is 5. The molecule has 0 radical (unpaired) electrons. The third-order valence-electron chi connectivity index (χ3n) is 3.41. The molecule has 7 heteroatoms. The molecule has 0 saturated carbocycles. The molecule has 1 atom stereocenters. The van der Waals surface area contributed by atoms with Crippen LogP contribution in [0.1, 0.15) is 25.7 Å². The van der Waals surface area contributed by atoms with E-state index in [0.717, 1.165) is 19.4 Å². The number of amides is 1. The average Bonchev–Trinajstić information content (AvgIpc) is 2.53. The third-order valence-corrected chi connectivity index (χ3v) is 3.41. The molecule has 1 aromatic rings. The van der Waals surface area contributed by atoms with E-state index in [0.29, 0.717) is 12.5 Å². The second-order valence-electron chi connectivity index (χ2n) is 4.98. The van der Waals surface area contributed by atoms with Crippen molar-refractivity contribution in [3.05, 3.63) is 18.5 Å².